The first kappa shape index (κ1) is 45.5. The molecule has 46 heavy (non-hydrogen) atoms. The molecule has 0 bridgehead atoms. The fourth-order valence-corrected chi connectivity index (χ4v) is 6.41. The first-order valence-electron chi connectivity index (χ1n) is 19.4. The van der Waals surface area contributed by atoms with Gasteiger partial charge in [0, 0.05) is 6.42 Å². The quantitative estimate of drug-likeness (QED) is 0.0394. The number of nitrogens with zero attached hydrogens (tertiary/aromatic N) is 1. The van der Waals surface area contributed by atoms with E-state index in [1.165, 1.54) is 116 Å². The number of carbonyl (C=O) groups is 1. The summed E-state index contributed by atoms with van der Waals surface area (Å²) in [5.41, 5.74) is 0. The monoisotopic (exact) mass is 677 g/mol. The van der Waals surface area contributed by atoms with Crippen LogP contribution in [0.25, 0.3) is 0 Å². The molecule has 0 saturated heterocycles. The number of unbranched alkanes of at least 4 members (excludes halogenated alkanes) is 22. The molecule has 0 aliphatic carbocycles. The Bertz CT molecular complexity index is 733. The summed E-state index contributed by atoms with van der Waals surface area (Å²) in [6.07, 6.45) is 30.5. The van der Waals surface area contributed by atoms with Crippen LogP contribution in [-0.4, -0.2) is 68.5 Å². The number of aliphatic hydroxyl groups excluding tert-OH is 1. The summed E-state index contributed by atoms with van der Waals surface area (Å²) in [6, 6.07) is -0.788. The van der Waals surface area contributed by atoms with Crippen LogP contribution in [0.15, 0.2) is 0 Å². The van der Waals surface area contributed by atoms with Crippen LogP contribution in [0.4, 0.5) is 0 Å². The minimum Gasteiger partial charge on any atom is -0.756 e. The Morgan fingerprint density at radius 1 is 0.674 bits per heavy atom. The van der Waals surface area contributed by atoms with E-state index in [0.717, 1.165) is 38.5 Å². The highest BCUT2D eigenvalue weighted by Gasteiger charge is 2.24. The lowest BCUT2D eigenvalue weighted by atomic mass is 10.0. The summed E-state index contributed by atoms with van der Waals surface area (Å²) in [6.45, 7) is 4.55. The summed E-state index contributed by atoms with van der Waals surface area (Å²) in [5, 5.41) is 13.5. The lowest BCUT2D eigenvalue weighted by Gasteiger charge is -2.30. The van der Waals surface area contributed by atoms with Crippen molar-refractivity contribution in [2.75, 3.05) is 40.9 Å². The maximum atomic E-state index is 12.6. The molecule has 0 rings (SSSR count). The Balaban J connectivity index is 3.94. The third kappa shape index (κ3) is 32.1. The molecule has 0 fully saturated rings. The fraction of sp³-hybridized carbons (Fsp3) is 0.973. The van der Waals surface area contributed by atoms with Crippen molar-refractivity contribution >= 4 is 13.7 Å². The molecule has 0 aliphatic rings. The topological polar surface area (TPSA) is 108 Å². The van der Waals surface area contributed by atoms with E-state index in [1.807, 2.05) is 21.1 Å². The molecule has 0 aromatic carbocycles. The molecular formula is C37H77N2O6P. The molecule has 3 atom stereocenters. The molecule has 9 heteroatoms. The van der Waals surface area contributed by atoms with Crippen LogP contribution >= 0.6 is 7.82 Å². The van der Waals surface area contributed by atoms with Gasteiger partial charge in [-0.2, -0.15) is 0 Å². The first-order valence-corrected chi connectivity index (χ1v) is 20.8. The Hall–Kier alpha value is -0.500. The largest absolute Gasteiger partial charge is 0.756 e. The van der Waals surface area contributed by atoms with Crippen LogP contribution in [0.2, 0.25) is 0 Å². The number of rotatable bonds is 35. The molecular weight excluding hydrogens is 599 g/mol. The standard InChI is InChI=1S/C37H77N2O6P/c1-6-8-10-11-12-13-14-15-16-17-18-19-20-21-22-23-24-25-26-27-29-31-37(41)38-35(36(40)30-28-9-7-2)34-45-46(42,43)44-33-32-39(3,4)5/h35-36,40H,6-34H2,1-5H3,(H-,38,41,42,43). The second-order valence-corrected chi connectivity index (χ2v) is 16.1. The molecule has 0 saturated carbocycles. The molecule has 0 aliphatic heterocycles. The number of amides is 1. The number of likely N-dealkylation sites (N-methyl/N-ethyl adjacent to an activating group) is 1. The lowest BCUT2D eigenvalue weighted by Crippen LogP contribution is -2.46. The van der Waals surface area contributed by atoms with Gasteiger partial charge in [-0.05, 0) is 12.8 Å². The number of aliphatic hydroxyl groups is 1. The maximum Gasteiger partial charge on any atom is 0.268 e. The summed E-state index contributed by atoms with van der Waals surface area (Å²) in [5.74, 6) is -0.173. The Kier molecular flexibility index (Phi) is 30.2. The average molecular weight is 677 g/mol. The van der Waals surface area contributed by atoms with Gasteiger partial charge in [0.05, 0.1) is 39.9 Å². The molecule has 0 radical (unpaired) electrons. The zero-order valence-corrected chi connectivity index (χ0v) is 31.9. The van der Waals surface area contributed by atoms with Crippen LogP contribution < -0.4 is 10.2 Å². The van der Waals surface area contributed by atoms with Crippen molar-refractivity contribution in [3.63, 3.8) is 0 Å². The number of carbonyl (C=O) groups excluding carboxylic acids is 1. The van der Waals surface area contributed by atoms with E-state index in [4.69, 9.17) is 9.05 Å². The number of nitrogens with one attached hydrogen (secondary N) is 1. The van der Waals surface area contributed by atoms with Crippen molar-refractivity contribution in [1.82, 2.24) is 5.32 Å². The van der Waals surface area contributed by atoms with Gasteiger partial charge in [-0.3, -0.25) is 9.36 Å². The van der Waals surface area contributed by atoms with E-state index in [-0.39, 0.29) is 19.1 Å². The molecule has 0 heterocycles. The maximum absolute atomic E-state index is 12.6. The SMILES string of the molecule is CCCCCCCCCCCCCCCCCCCCCCCC(=O)NC(COP(=O)([O-])OCC[N+](C)(C)C)C(O)CCCCC. The molecule has 1 amide bonds. The average Bonchev–Trinajstić information content (AvgIpc) is 2.99. The highest BCUT2D eigenvalue weighted by atomic mass is 31.2. The molecule has 0 aromatic heterocycles. The van der Waals surface area contributed by atoms with Gasteiger partial charge in [0.1, 0.15) is 13.2 Å². The molecule has 2 N–H and O–H groups in total. The number of hydrogen-bond acceptors (Lipinski definition) is 6. The lowest BCUT2D eigenvalue weighted by molar-refractivity contribution is -0.870. The zero-order chi connectivity index (χ0) is 34.4. The van der Waals surface area contributed by atoms with Gasteiger partial charge < -0.3 is 28.8 Å². The van der Waals surface area contributed by atoms with Gasteiger partial charge in [0.25, 0.3) is 7.82 Å². The first-order chi connectivity index (χ1) is 22.0. The van der Waals surface area contributed by atoms with Gasteiger partial charge >= 0.3 is 0 Å². The van der Waals surface area contributed by atoms with E-state index in [1.54, 1.807) is 0 Å². The number of phosphoric ester groups is 1. The third-order valence-electron chi connectivity index (χ3n) is 8.85. The van der Waals surface area contributed by atoms with Crippen molar-refractivity contribution in [2.45, 2.75) is 193 Å². The van der Waals surface area contributed by atoms with Crippen LogP contribution in [0.1, 0.15) is 181 Å². The number of hydrogen-bond donors (Lipinski definition) is 2. The van der Waals surface area contributed by atoms with Crippen LogP contribution in [0.5, 0.6) is 0 Å². The number of quaternary nitrogens is 1. The summed E-state index contributed by atoms with van der Waals surface area (Å²) >= 11 is 0. The van der Waals surface area contributed by atoms with Crippen molar-refractivity contribution in [1.29, 1.82) is 0 Å². The van der Waals surface area contributed by atoms with Gasteiger partial charge in [-0.1, -0.05) is 162 Å². The Labute approximate surface area is 285 Å². The molecule has 8 nitrogen and oxygen atoms in total. The molecule has 276 valence electrons. The molecule has 0 spiro atoms. The second kappa shape index (κ2) is 30.6. The van der Waals surface area contributed by atoms with Crippen molar-refractivity contribution < 1.29 is 32.9 Å². The zero-order valence-electron chi connectivity index (χ0n) is 31.0. The predicted octanol–water partition coefficient (Wildman–Crippen LogP) is 9.22. The van der Waals surface area contributed by atoms with E-state index >= 15 is 0 Å². The number of phosphoric acid groups is 1. The van der Waals surface area contributed by atoms with E-state index in [9.17, 15) is 19.4 Å². The smallest absolute Gasteiger partial charge is 0.268 e. The third-order valence-corrected chi connectivity index (χ3v) is 9.81. The Morgan fingerprint density at radius 2 is 1.07 bits per heavy atom. The van der Waals surface area contributed by atoms with Gasteiger partial charge in [-0.15, -0.1) is 0 Å². The van der Waals surface area contributed by atoms with E-state index in [0.29, 0.717) is 23.9 Å². The van der Waals surface area contributed by atoms with Crippen molar-refractivity contribution in [3.05, 3.63) is 0 Å². The van der Waals surface area contributed by atoms with Crippen LogP contribution in [-0.2, 0) is 18.4 Å². The molecule has 3 unspecified atom stereocenters. The van der Waals surface area contributed by atoms with E-state index in [2.05, 4.69) is 19.2 Å². The molecule has 0 aromatic rings. The van der Waals surface area contributed by atoms with Crippen LogP contribution in [0.3, 0.4) is 0 Å². The van der Waals surface area contributed by atoms with Crippen LogP contribution in [0, 0.1) is 0 Å². The summed E-state index contributed by atoms with van der Waals surface area (Å²) < 4.78 is 22.9. The second-order valence-electron chi connectivity index (χ2n) is 14.6. The normalized spacial score (nSPS) is 14.7. The van der Waals surface area contributed by atoms with E-state index < -0.39 is 20.0 Å². The van der Waals surface area contributed by atoms with Gasteiger partial charge in [0.2, 0.25) is 5.91 Å². The summed E-state index contributed by atoms with van der Waals surface area (Å²) in [4.78, 5) is 24.9. The van der Waals surface area contributed by atoms with Crippen molar-refractivity contribution in [2.24, 2.45) is 0 Å². The fourth-order valence-electron chi connectivity index (χ4n) is 5.69. The highest BCUT2D eigenvalue weighted by Crippen LogP contribution is 2.38. The van der Waals surface area contributed by atoms with Gasteiger partial charge in [-0.25, -0.2) is 0 Å². The highest BCUT2D eigenvalue weighted by molar-refractivity contribution is 7.45. The van der Waals surface area contributed by atoms with Crippen molar-refractivity contribution in [3.8, 4) is 0 Å². The minimum absolute atomic E-state index is 0.0137. The minimum atomic E-state index is -4.53. The van der Waals surface area contributed by atoms with Gasteiger partial charge in [0.15, 0.2) is 0 Å². The summed E-state index contributed by atoms with van der Waals surface area (Å²) in [7, 11) is 1.30. The Morgan fingerprint density at radius 3 is 1.48 bits per heavy atom. The predicted molar refractivity (Wildman–Crippen MR) is 192 cm³/mol.